The fourth-order valence-electron chi connectivity index (χ4n) is 2.90. The zero-order valence-corrected chi connectivity index (χ0v) is 17.2. The lowest BCUT2D eigenvalue weighted by molar-refractivity contribution is -0.116. The van der Waals surface area contributed by atoms with Crippen molar-refractivity contribution in [3.63, 3.8) is 0 Å². The van der Waals surface area contributed by atoms with Crippen LogP contribution in [0.4, 0.5) is 10.5 Å². The van der Waals surface area contributed by atoms with Crippen LogP contribution in [0.3, 0.4) is 0 Å². The summed E-state index contributed by atoms with van der Waals surface area (Å²) in [7, 11) is 0. The number of carbonyl (C=O) groups excluding carboxylic acids is 2. The SMILES string of the molecule is CCCC(=O)Nc1ccc(CNC(=O)NC[C@@H](CO)Cc2ccc(C)cc2)cc1. The molecule has 1 atom stereocenters. The first kappa shape index (κ1) is 22.4. The molecule has 0 spiro atoms. The minimum Gasteiger partial charge on any atom is -0.396 e. The standard InChI is InChI=1S/C23H31N3O3/c1-3-4-22(28)26-21-11-9-19(10-12-21)14-24-23(29)25-15-20(16-27)13-18-7-5-17(2)6-8-18/h5-12,20,27H,3-4,13-16H2,1-2H3,(H,26,28)(H2,24,25,29)/t20-/m0/s1. The van der Waals surface area contributed by atoms with Gasteiger partial charge in [-0.2, -0.15) is 0 Å². The Hall–Kier alpha value is -2.86. The summed E-state index contributed by atoms with van der Waals surface area (Å²) in [4.78, 5) is 23.7. The van der Waals surface area contributed by atoms with Crippen LogP contribution < -0.4 is 16.0 Å². The quantitative estimate of drug-likeness (QED) is 0.495. The molecule has 0 saturated carbocycles. The highest BCUT2D eigenvalue weighted by atomic mass is 16.3. The van der Waals surface area contributed by atoms with E-state index in [0.717, 1.165) is 23.2 Å². The van der Waals surface area contributed by atoms with Gasteiger partial charge in [-0.25, -0.2) is 4.79 Å². The molecular weight excluding hydrogens is 366 g/mol. The van der Waals surface area contributed by atoms with Gasteiger partial charge in [-0.15, -0.1) is 0 Å². The van der Waals surface area contributed by atoms with Gasteiger partial charge in [-0.1, -0.05) is 48.9 Å². The van der Waals surface area contributed by atoms with Gasteiger partial charge in [0.25, 0.3) is 0 Å². The highest BCUT2D eigenvalue weighted by Gasteiger charge is 2.11. The Morgan fingerprint density at radius 3 is 2.24 bits per heavy atom. The minimum absolute atomic E-state index is 0.00169. The maximum atomic E-state index is 12.1. The van der Waals surface area contributed by atoms with Crippen LogP contribution in [0.15, 0.2) is 48.5 Å². The summed E-state index contributed by atoms with van der Waals surface area (Å²) < 4.78 is 0. The summed E-state index contributed by atoms with van der Waals surface area (Å²) in [6, 6.07) is 15.3. The molecule has 2 rings (SSSR count). The Bertz CT molecular complexity index is 773. The number of nitrogens with one attached hydrogen (secondary N) is 3. The molecule has 0 aliphatic carbocycles. The first-order valence-electron chi connectivity index (χ1n) is 10.1. The molecule has 0 aromatic heterocycles. The molecule has 29 heavy (non-hydrogen) atoms. The van der Waals surface area contributed by atoms with Crippen LogP contribution in [-0.2, 0) is 17.8 Å². The lowest BCUT2D eigenvalue weighted by Crippen LogP contribution is -2.39. The van der Waals surface area contributed by atoms with Crippen molar-refractivity contribution in [2.45, 2.75) is 39.7 Å². The van der Waals surface area contributed by atoms with Crippen molar-refractivity contribution in [3.8, 4) is 0 Å². The van der Waals surface area contributed by atoms with Gasteiger partial charge in [0.1, 0.15) is 0 Å². The summed E-state index contributed by atoms with van der Waals surface area (Å²) in [5.74, 6) is -0.0312. The van der Waals surface area contributed by atoms with E-state index in [4.69, 9.17) is 0 Å². The number of carbonyl (C=O) groups is 2. The third-order valence-corrected chi connectivity index (χ3v) is 4.62. The van der Waals surface area contributed by atoms with Gasteiger partial charge in [0.2, 0.25) is 5.91 Å². The van der Waals surface area contributed by atoms with E-state index in [1.54, 1.807) is 0 Å². The molecule has 6 heteroatoms. The molecule has 0 radical (unpaired) electrons. The predicted octanol–water partition coefficient (Wildman–Crippen LogP) is 3.38. The van der Waals surface area contributed by atoms with Crippen molar-refractivity contribution in [1.29, 1.82) is 0 Å². The summed E-state index contributed by atoms with van der Waals surface area (Å²) >= 11 is 0. The van der Waals surface area contributed by atoms with Crippen LogP contribution in [0, 0.1) is 12.8 Å². The molecule has 0 aliphatic rings. The third kappa shape index (κ3) is 8.35. The number of amides is 3. The molecule has 6 nitrogen and oxygen atoms in total. The molecule has 0 bridgehead atoms. The zero-order chi connectivity index (χ0) is 21.1. The van der Waals surface area contributed by atoms with Gasteiger partial charge in [0, 0.05) is 37.7 Å². The molecule has 0 unspecified atom stereocenters. The zero-order valence-electron chi connectivity index (χ0n) is 17.2. The summed E-state index contributed by atoms with van der Waals surface area (Å²) in [5, 5.41) is 18.0. The second-order valence-corrected chi connectivity index (χ2v) is 7.30. The average molecular weight is 398 g/mol. The topological polar surface area (TPSA) is 90.5 Å². The van der Waals surface area contributed by atoms with Gasteiger partial charge < -0.3 is 21.1 Å². The van der Waals surface area contributed by atoms with E-state index in [0.29, 0.717) is 25.9 Å². The minimum atomic E-state index is -0.271. The second kappa shape index (κ2) is 11.9. The second-order valence-electron chi connectivity index (χ2n) is 7.30. The molecule has 2 aromatic carbocycles. The van der Waals surface area contributed by atoms with Crippen molar-refractivity contribution < 1.29 is 14.7 Å². The Labute approximate surface area is 172 Å². The molecule has 2 aromatic rings. The molecule has 0 fully saturated rings. The molecule has 3 amide bonds. The van der Waals surface area contributed by atoms with E-state index in [9.17, 15) is 14.7 Å². The number of aryl methyl sites for hydroxylation is 1. The van der Waals surface area contributed by atoms with Crippen LogP contribution in [0.5, 0.6) is 0 Å². The van der Waals surface area contributed by atoms with Crippen molar-refractivity contribution >= 4 is 17.6 Å². The van der Waals surface area contributed by atoms with Gasteiger partial charge in [-0.3, -0.25) is 4.79 Å². The summed E-state index contributed by atoms with van der Waals surface area (Å²) in [6.45, 7) is 4.80. The maximum Gasteiger partial charge on any atom is 0.315 e. The molecule has 0 heterocycles. The van der Waals surface area contributed by atoms with E-state index in [1.165, 1.54) is 5.56 Å². The van der Waals surface area contributed by atoms with Crippen LogP contribution >= 0.6 is 0 Å². The van der Waals surface area contributed by atoms with Crippen molar-refractivity contribution in [2.24, 2.45) is 5.92 Å². The lowest BCUT2D eigenvalue weighted by Gasteiger charge is -2.16. The number of benzene rings is 2. The Kier molecular flexibility index (Phi) is 9.18. The first-order chi connectivity index (χ1) is 14.0. The number of urea groups is 1. The van der Waals surface area contributed by atoms with Crippen LogP contribution in [0.1, 0.15) is 36.5 Å². The normalized spacial score (nSPS) is 11.6. The van der Waals surface area contributed by atoms with Gasteiger partial charge in [0.05, 0.1) is 0 Å². The van der Waals surface area contributed by atoms with Crippen molar-refractivity contribution in [1.82, 2.24) is 10.6 Å². The van der Waals surface area contributed by atoms with E-state index < -0.39 is 0 Å². The molecule has 156 valence electrons. The largest absolute Gasteiger partial charge is 0.396 e. The molecular formula is C23H31N3O3. The Morgan fingerprint density at radius 1 is 0.966 bits per heavy atom. The van der Waals surface area contributed by atoms with Gasteiger partial charge in [0.15, 0.2) is 0 Å². The average Bonchev–Trinajstić information content (AvgIpc) is 2.72. The van der Waals surface area contributed by atoms with E-state index in [-0.39, 0.29) is 24.5 Å². The highest BCUT2D eigenvalue weighted by Crippen LogP contribution is 2.11. The van der Waals surface area contributed by atoms with Gasteiger partial charge in [-0.05, 0) is 43.0 Å². The maximum absolute atomic E-state index is 12.1. The highest BCUT2D eigenvalue weighted by molar-refractivity contribution is 5.90. The monoisotopic (exact) mass is 397 g/mol. The van der Waals surface area contributed by atoms with Crippen LogP contribution in [-0.4, -0.2) is 30.2 Å². The number of aliphatic hydroxyl groups excluding tert-OH is 1. The number of hydrogen-bond acceptors (Lipinski definition) is 3. The van der Waals surface area contributed by atoms with Crippen LogP contribution in [0.25, 0.3) is 0 Å². The number of anilines is 1. The number of hydrogen-bond donors (Lipinski definition) is 4. The first-order valence-corrected chi connectivity index (χ1v) is 10.1. The van der Waals surface area contributed by atoms with Crippen molar-refractivity contribution in [3.05, 3.63) is 65.2 Å². The smallest absolute Gasteiger partial charge is 0.315 e. The fourth-order valence-corrected chi connectivity index (χ4v) is 2.90. The van der Waals surface area contributed by atoms with Crippen LogP contribution in [0.2, 0.25) is 0 Å². The summed E-state index contributed by atoms with van der Waals surface area (Å²) in [6.07, 6.45) is 2.02. The fraction of sp³-hybridized carbons (Fsp3) is 0.391. The third-order valence-electron chi connectivity index (χ3n) is 4.62. The Morgan fingerprint density at radius 2 is 1.62 bits per heavy atom. The number of aliphatic hydroxyl groups is 1. The predicted molar refractivity (Wildman–Crippen MR) is 116 cm³/mol. The summed E-state index contributed by atoms with van der Waals surface area (Å²) in [5.41, 5.74) is 4.02. The van der Waals surface area contributed by atoms with Crippen molar-refractivity contribution in [2.75, 3.05) is 18.5 Å². The molecule has 0 aliphatic heterocycles. The lowest BCUT2D eigenvalue weighted by atomic mass is 9.99. The Balaban J connectivity index is 1.72. The number of rotatable bonds is 10. The van der Waals surface area contributed by atoms with E-state index >= 15 is 0 Å². The molecule has 4 N–H and O–H groups in total. The molecule has 0 saturated heterocycles. The van der Waals surface area contributed by atoms with Gasteiger partial charge >= 0.3 is 6.03 Å². The van der Waals surface area contributed by atoms with E-state index in [1.807, 2.05) is 62.4 Å². The van der Waals surface area contributed by atoms with E-state index in [2.05, 4.69) is 16.0 Å².